The number of rotatable bonds is 4. The molecule has 19 heavy (non-hydrogen) atoms. The van der Waals surface area contributed by atoms with Gasteiger partial charge >= 0.3 is 0 Å². The molecule has 0 spiro atoms. The molecular formula is C14H14N4O. The Kier molecular flexibility index (Phi) is 2.30. The molecule has 2 N–H and O–H groups in total. The molecule has 0 saturated heterocycles. The van der Waals surface area contributed by atoms with Gasteiger partial charge in [-0.25, -0.2) is 4.98 Å². The summed E-state index contributed by atoms with van der Waals surface area (Å²) in [7, 11) is 0. The number of benzene rings is 1. The predicted molar refractivity (Wildman–Crippen MR) is 71.9 cm³/mol. The predicted octanol–water partition coefficient (Wildman–Crippen LogP) is 3.04. The van der Waals surface area contributed by atoms with Crippen molar-refractivity contribution in [1.29, 1.82) is 0 Å². The average Bonchev–Trinajstić information content (AvgIpc) is 3.03. The minimum absolute atomic E-state index is 0.603. The number of hydrogen-bond donors (Lipinski definition) is 2. The maximum atomic E-state index is 5.07. The molecule has 0 aliphatic heterocycles. The molecule has 2 aromatic heterocycles. The first-order valence-corrected chi connectivity index (χ1v) is 6.52. The summed E-state index contributed by atoms with van der Waals surface area (Å²) in [5, 5.41) is 7.38. The maximum Gasteiger partial charge on any atom is 0.201 e. The van der Waals surface area contributed by atoms with Gasteiger partial charge in [0.05, 0.1) is 16.7 Å². The lowest BCUT2D eigenvalue weighted by molar-refractivity contribution is 0.411. The van der Waals surface area contributed by atoms with Gasteiger partial charge in [0.15, 0.2) is 0 Å². The van der Waals surface area contributed by atoms with E-state index in [1.54, 1.807) is 6.26 Å². The minimum Gasteiger partial charge on any atom is -0.364 e. The molecule has 4 rings (SSSR count). The summed E-state index contributed by atoms with van der Waals surface area (Å²) >= 11 is 0. The molecule has 0 atom stereocenters. The van der Waals surface area contributed by atoms with E-state index in [1.165, 1.54) is 12.8 Å². The Morgan fingerprint density at radius 2 is 2.21 bits per heavy atom. The Balaban J connectivity index is 1.53. The summed E-state index contributed by atoms with van der Waals surface area (Å²) in [5.74, 6) is 1.38. The normalized spacial score (nSPS) is 14.9. The van der Waals surface area contributed by atoms with Crippen molar-refractivity contribution in [1.82, 2.24) is 15.1 Å². The van der Waals surface area contributed by atoms with Crippen LogP contribution < -0.4 is 5.32 Å². The van der Waals surface area contributed by atoms with Crippen LogP contribution in [-0.2, 0) is 6.54 Å². The van der Waals surface area contributed by atoms with E-state index in [0.29, 0.717) is 12.5 Å². The first-order chi connectivity index (χ1) is 9.40. The van der Waals surface area contributed by atoms with Crippen molar-refractivity contribution in [3.63, 3.8) is 0 Å². The fourth-order valence-corrected chi connectivity index (χ4v) is 2.31. The van der Waals surface area contributed by atoms with Gasteiger partial charge in [0.25, 0.3) is 0 Å². The van der Waals surface area contributed by atoms with E-state index < -0.39 is 0 Å². The fourth-order valence-electron chi connectivity index (χ4n) is 2.31. The van der Waals surface area contributed by atoms with E-state index in [2.05, 4.69) is 20.4 Å². The standard InChI is InChI=1S/C14H14N4O/c1-2-4-12-11(3-1)16-14(17-12)15-7-10-8-19-18-13(10)9-5-6-9/h1-4,8-9H,5-7H2,(H2,15,16,17). The van der Waals surface area contributed by atoms with Gasteiger partial charge < -0.3 is 14.8 Å². The Morgan fingerprint density at radius 3 is 3.05 bits per heavy atom. The van der Waals surface area contributed by atoms with E-state index in [0.717, 1.165) is 28.2 Å². The molecule has 0 unspecified atom stereocenters. The van der Waals surface area contributed by atoms with E-state index in [-0.39, 0.29) is 0 Å². The van der Waals surface area contributed by atoms with Gasteiger partial charge in [-0.05, 0) is 25.0 Å². The van der Waals surface area contributed by atoms with Crippen LogP contribution in [0.1, 0.15) is 30.0 Å². The molecule has 0 amide bonds. The first-order valence-electron chi connectivity index (χ1n) is 6.52. The lowest BCUT2D eigenvalue weighted by Gasteiger charge is -2.01. The highest BCUT2D eigenvalue weighted by Crippen LogP contribution is 2.40. The van der Waals surface area contributed by atoms with Crippen LogP contribution in [0.4, 0.5) is 5.95 Å². The smallest absolute Gasteiger partial charge is 0.201 e. The zero-order chi connectivity index (χ0) is 12.7. The number of fused-ring (bicyclic) bond motifs is 1. The number of hydrogen-bond acceptors (Lipinski definition) is 4. The molecule has 0 radical (unpaired) electrons. The first kappa shape index (κ1) is 10.6. The maximum absolute atomic E-state index is 5.07. The summed E-state index contributed by atoms with van der Waals surface area (Å²) < 4.78 is 5.07. The number of aromatic amines is 1. The third-order valence-corrected chi connectivity index (χ3v) is 3.47. The largest absolute Gasteiger partial charge is 0.364 e. The summed E-state index contributed by atoms with van der Waals surface area (Å²) in [6.45, 7) is 0.690. The van der Waals surface area contributed by atoms with E-state index in [1.807, 2.05) is 24.3 Å². The van der Waals surface area contributed by atoms with Gasteiger partial charge in [-0.3, -0.25) is 0 Å². The Bertz CT molecular complexity index is 678. The number of H-pyrrole nitrogens is 1. The lowest BCUT2D eigenvalue weighted by Crippen LogP contribution is -2.02. The van der Waals surface area contributed by atoms with Crippen molar-refractivity contribution in [2.24, 2.45) is 0 Å². The molecule has 5 nitrogen and oxygen atoms in total. The van der Waals surface area contributed by atoms with Gasteiger partial charge in [0.2, 0.25) is 5.95 Å². The van der Waals surface area contributed by atoms with Crippen LogP contribution in [0, 0.1) is 0 Å². The molecule has 0 bridgehead atoms. The Morgan fingerprint density at radius 1 is 1.32 bits per heavy atom. The van der Waals surface area contributed by atoms with Gasteiger partial charge in [-0.1, -0.05) is 17.3 Å². The highest BCUT2D eigenvalue weighted by atomic mass is 16.5. The number of anilines is 1. The third-order valence-electron chi connectivity index (χ3n) is 3.47. The Labute approximate surface area is 110 Å². The van der Waals surface area contributed by atoms with Crippen LogP contribution in [0.5, 0.6) is 0 Å². The monoisotopic (exact) mass is 254 g/mol. The van der Waals surface area contributed by atoms with Gasteiger partial charge in [-0.15, -0.1) is 0 Å². The van der Waals surface area contributed by atoms with Crippen molar-refractivity contribution in [3.05, 3.63) is 41.8 Å². The van der Waals surface area contributed by atoms with Crippen LogP contribution in [-0.4, -0.2) is 15.1 Å². The van der Waals surface area contributed by atoms with Crippen molar-refractivity contribution in [3.8, 4) is 0 Å². The second-order valence-corrected chi connectivity index (χ2v) is 4.96. The Hall–Kier alpha value is -2.30. The SMILES string of the molecule is c1ccc2[nH]c(NCc3conc3C3CC3)nc2c1. The molecule has 1 fully saturated rings. The van der Waals surface area contributed by atoms with Crippen LogP contribution >= 0.6 is 0 Å². The summed E-state index contributed by atoms with van der Waals surface area (Å²) in [6.07, 6.45) is 4.18. The molecular weight excluding hydrogens is 240 g/mol. The summed E-state index contributed by atoms with van der Waals surface area (Å²) in [5.41, 5.74) is 4.24. The second kappa shape index (κ2) is 4.12. The summed E-state index contributed by atoms with van der Waals surface area (Å²) in [6, 6.07) is 7.99. The van der Waals surface area contributed by atoms with Crippen molar-refractivity contribution < 1.29 is 4.52 Å². The van der Waals surface area contributed by atoms with Crippen LogP contribution in [0.2, 0.25) is 0 Å². The minimum atomic E-state index is 0.603. The fraction of sp³-hybridized carbons (Fsp3) is 0.286. The topological polar surface area (TPSA) is 66.7 Å². The number of nitrogens with one attached hydrogen (secondary N) is 2. The molecule has 3 aromatic rings. The zero-order valence-electron chi connectivity index (χ0n) is 10.4. The van der Waals surface area contributed by atoms with E-state index >= 15 is 0 Å². The van der Waals surface area contributed by atoms with Crippen molar-refractivity contribution in [2.45, 2.75) is 25.3 Å². The van der Waals surface area contributed by atoms with Crippen LogP contribution in [0.3, 0.4) is 0 Å². The average molecular weight is 254 g/mol. The molecule has 5 heteroatoms. The number of nitrogens with zero attached hydrogens (tertiary/aromatic N) is 2. The molecule has 1 aromatic carbocycles. The van der Waals surface area contributed by atoms with Gasteiger partial charge in [0.1, 0.15) is 6.26 Å². The molecule has 1 aliphatic carbocycles. The quantitative estimate of drug-likeness (QED) is 0.751. The lowest BCUT2D eigenvalue weighted by atomic mass is 10.2. The van der Waals surface area contributed by atoms with Crippen molar-refractivity contribution in [2.75, 3.05) is 5.32 Å². The van der Waals surface area contributed by atoms with Crippen LogP contribution in [0.25, 0.3) is 11.0 Å². The molecule has 1 aliphatic rings. The molecule has 96 valence electrons. The van der Waals surface area contributed by atoms with Gasteiger partial charge in [-0.2, -0.15) is 0 Å². The van der Waals surface area contributed by atoms with Gasteiger partial charge in [0, 0.05) is 18.0 Å². The zero-order valence-corrected chi connectivity index (χ0v) is 10.4. The third kappa shape index (κ3) is 1.97. The van der Waals surface area contributed by atoms with E-state index in [9.17, 15) is 0 Å². The number of imidazole rings is 1. The number of para-hydroxylation sites is 2. The number of aromatic nitrogens is 3. The highest BCUT2D eigenvalue weighted by molar-refractivity contribution is 5.77. The van der Waals surface area contributed by atoms with Crippen LogP contribution in [0.15, 0.2) is 35.1 Å². The van der Waals surface area contributed by atoms with E-state index in [4.69, 9.17) is 4.52 Å². The summed E-state index contributed by atoms with van der Waals surface area (Å²) in [4.78, 5) is 7.73. The highest BCUT2D eigenvalue weighted by Gasteiger charge is 2.29. The molecule has 2 heterocycles. The second-order valence-electron chi connectivity index (χ2n) is 4.96. The molecule has 1 saturated carbocycles. The van der Waals surface area contributed by atoms with Crippen molar-refractivity contribution >= 4 is 17.0 Å².